The van der Waals surface area contributed by atoms with Crippen LogP contribution in [0.5, 0.6) is 0 Å². The van der Waals surface area contributed by atoms with E-state index in [1.807, 2.05) is 4.90 Å². The predicted octanol–water partition coefficient (Wildman–Crippen LogP) is 2.03. The Kier molecular flexibility index (Phi) is 4.19. The van der Waals surface area contributed by atoms with E-state index in [0.29, 0.717) is 24.0 Å². The summed E-state index contributed by atoms with van der Waals surface area (Å²) < 4.78 is 0. The molecule has 0 fully saturated rings. The standard InChI is InChI=1S/C13H19N3O2S/c1-8(2)6-12(18)16-5-4-10-11(7-16)19-13(15-10)14-9(3)17/h8H,4-7H2,1-3H3,(H,14,15,17). The molecule has 0 bridgehead atoms. The van der Waals surface area contributed by atoms with Crippen molar-refractivity contribution in [1.29, 1.82) is 0 Å². The first-order valence-electron chi connectivity index (χ1n) is 6.49. The van der Waals surface area contributed by atoms with E-state index in [0.717, 1.165) is 23.5 Å². The molecule has 19 heavy (non-hydrogen) atoms. The van der Waals surface area contributed by atoms with Crippen LogP contribution < -0.4 is 5.32 Å². The summed E-state index contributed by atoms with van der Waals surface area (Å²) in [5, 5.41) is 3.34. The zero-order valence-electron chi connectivity index (χ0n) is 11.5. The third-order valence-corrected chi connectivity index (χ3v) is 3.95. The molecule has 2 heterocycles. The first-order chi connectivity index (χ1) is 8.95. The van der Waals surface area contributed by atoms with Crippen LogP contribution in [0.15, 0.2) is 0 Å². The Labute approximate surface area is 117 Å². The van der Waals surface area contributed by atoms with Crippen molar-refractivity contribution in [3.63, 3.8) is 0 Å². The number of rotatable bonds is 3. The molecule has 0 atom stereocenters. The van der Waals surface area contributed by atoms with Crippen LogP contribution in [0.25, 0.3) is 0 Å². The van der Waals surface area contributed by atoms with E-state index in [4.69, 9.17) is 0 Å². The molecule has 0 radical (unpaired) electrons. The summed E-state index contributed by atoms with van der Waals surface area (Å²) in [5.41, 5.74) is 1.02. The van der Waals surface area contributed by atoms with E-state index in [2.05, 4.69) is 24.1 Å². The molecule has 0 spiro atoms. The summed E-state index contributed by atoms with van der Waals surface area (Å²) >= 11 is 1.47. The molecular formula is C13H19N3O2S. The lowest BCUT2D eigenvalue weighted by molar-refractivity contribution is -0.132. The number of amides is 2. The van der Waals surface area contributed by atoms with E-state index < -0.39 is 0 Å². The number of hydrogen-bond acceptors (Lipinski definition) is 4. The molecule has 1 aromatic rings. The molecule has 2 amide bonds. The number of carbonyl (C=O) groups is 2. The second-order valence-electron chi connectivity index (χ2n) is 5.23. The maximum absolute atomic E-state index is 12.0. The Morgan fingerprint density at radius 2 is 2.21 bits per heavy atom. The zero-order chi connectivity index (χ0) is 14.0. The third kappa shape index (κ3) is 3.53. The molecule has 0 saturated heterocycles. The minimum atomic E-state index is -0.112. The zero-order valence-corrected chi connectivity index (χ0v) is 12.3. The Morgan fingerprint density at radius 3 is 2.84 bits per heavy atom. The van der Waals surface area contributed by atoms with Crippen LogP contribution >= 0.6 is 11.3 Å². The number of nitrogens with one attached hydrogen (secondary N) is 1. The summed E-state index contributed by atoms with van der Waals surface area (Å²) in [4.78, 5) is 30.4. The first kappa shape index (κ1) is 14.0. The minimum Gasteiger partial charge on any atom is -0.337 e. The molecule has 6 heteroatoms. The van der Waals surface area contributed by atoms with E-state index >= 15 is 0 Å². The fourth-order valence-electron chi connectivity index (χ4n) is 2.09. The van der Waals surface area contributed by atoms with Gasteiger partial charge >= 0.3 is 0 Å². The van der Waals surface area contributed by atoms with E-state index in [1.54, 1.807) is 0 Å². The van der Waals surface area contributed by atoms with Crippen LogP contribution in [0.1, 0.15) is 37.8 Å². The third-order valence-electron chi connectivity index (χ3n) is 2.95. The van der Waals surface area contributed by atoms with Crippen molar-refractivity contribution in [2.75, 3.05) is 11.9 Å². The van der Waals surface area contributed by atoms with Gasteiger partial charge in [-0.1, -0.05) is 25.2 Å². The molecule has 1 N–H and O–H groups in total. The van der Waals surface area contributed by atoms with Crippen molar-refractivity contribution >= 4 is 28.3 Å². The summed E-state index contributed by atoms with van der Waals surface area (Å²) in [5.74, 6) is 0.472. The number of thiazole rings is 1. The van der Waals surface area contributed by atoms with Crippen molar-refractivity contribution in [3.05, 3.63) is 10.6 Å². The van der Waals surface area contributed by atoms with Crippen LogP contribution in [0.2, 0.25) is 0 Å². The molecule has 104 valence electrons. The number of fused-ring (bicyclic) bond motifs is 1. The van der Waals surface area contributed by atoms with Crippen LogP contribution in [-0.2, 0) is 22.6 Å². The number of nitrogens with zero attached hydrogens (tertiary/aromatic N) is 2. The van der Waals surface area contributed by atoms with Gasteiger partial charge in [-0.15, -0.1) is 0 Å². The maximum Gasteiger partial charge on any atom is 0.223 e. The monoisotopic (exact) mass is 281 g/mol. The van der Waals surface area contributed by atoms with E-state index in [-0.39, 0.29) is 11.8 Å². The molecule has 0 unspecified atom stereocenters. The van der Waals surface area contributed by atoms with Crippen molar-refractivity contribution in [2.24, 2.45) is 5.92 Å². The van der Waals surface area contributed by atoms with Crippen LogP contribution in [0.4, 0.5) is 5.13 Å². The highest BCUT2D eigenvalue weighted by atomic mass is 32.1. The van der Waals surface area contributed by atoms with E-state index in [1.165, 1.54) is 18.3 Å². The topological polar surface area (TPSA) is 62.3 Å². The molecule has 0 saturated carbocycles. The Hall–Kier alpha value is -1.43. The summed E-state index contributed by atoms with van der Waals surface area (Å²) in [6, 6.07) is 0. The van der Waals surface area contributed by atoms with Gasteiger partial charge in [0, 0.05) is 31.2 Å². The molecule has 2 rings (SSSR count). The van der Waals surface area contributed by atoms with Gasteiger partial charge in [-0.05, 0) is 5.92 Å². The van der Waals surface area contributed by atoms with Gasteiger partial charge in [-0.2, -0.15) is 0 Å². The highest BCUT2D eigenvalue weighted by molar-refractivity contribution is 7.15. The van der Waals surface area contributed by atoms with Crippen molar-refractivity contribution in [2.45, 2.75) is 40.2 Å². The van der Waals surface area contributed by atoms with Gasteiger partial charge in [0.2, 0.25) is 11.8 Å². The van der Waals surface area contributed by atoms with Crippen molar-refractivity contribution in [3.8, 4) is 0 Å². The second-order valence-corrected chi connectivity index (χ2v) is 6.32. The molecule has 5 nitrogen and oxygen atoms in total. The Morgan fingerprint density at radius 1 is 1.47 bits per heavy atom. The number of aromatic nitrogens is 1. The lowest BCUT2D eigenvalue weighted by Crippen LogP contribution is -2.36. The highest BCUT2D eigenvalue weighted by Crippen LogP contribution is 2.28. The summed E-state index contributed by atoms with van der Waals surface area (Å²) in [6.07, 6.45) is 1.36. The molecule has 0 aromatic carbocycles. The maximum atomic E-state index is 12.0. The lowest BCUT2D eigenvalue weighted by atomic mass is 10.1. The smallest absolute Gasteiger partial charge is 0.223 e. The summed E-state index contributed by atoms with van der Waals surface area (Å²) in [7, 11) is 0. The molecule has 0 aliphatic carbocycles. The lowest BCUT2D eigenvalue weighted by Gasteiger charge is -2.26. The van der Waals surface area contributed by atoms with Crippen LogP contribution in [-0.4, -0.2) is 28.2 Å². The molecule has 1 aliphatic rings. The highest BCUT2D eigenvalue weighted by Gasteiger charge is 2.24. The first-order valence-corrected chi connectivity index (χ1v) is 7.31. The normalized spacial score (nSPS) is 14.4. The fourth-order valence-corrected chi connectivity index (χ4v) is 3.16. The van der Waals surface area contributed by atoms with Crippen molar-refractivity contribution in [1.82, 2.24) is 9.88 Å². The number of hydrogen-bond donors (Lipinski definition) is 1. The Balaban J connectivity index is 2.05. The van der Waals surface area contributed by atoms with E-state index in [9.17, 15) is 9.59 Å². The van der Waals surface area contributed by atoms with Gasteiger partial charge in [-0.3, -0.25) is 9.59 Å². The van der Waals surface area contributed by atoms with Gasteiger partial charge < -0.3 is 10.2 Å². The van der Waals surface area contributed by atoms with Gasteiger partial charge in [0.05, 0.1) is 12.2 Å². The number of carbonyl (C=O) groups excluding carboxylic acids is 2. The quantitative estimate of drug-likeness (QED) is 0.922. The SMILES string of the molecule is CC(=O)Nc1nc2c(s1)CN(C(=O)CC(C)C)CC2. The van der Waals surface area contributed by atoms with Gasteiger partial charge in [0.1, 0.15) is 0 Å². The molecular weight excluding hydrogens is 262 g/mol. The average Bonchev–Trinajstić information content (AvgIpc) is 2.67. The van der Waals surface area contributed by atoms with Gasteiger partial charge in [-0.25, -0.2) is 4.98 Å². The largest absolute Gasteiger partial charge is 0.337 e. The van der Waals surface area contributed by atoms with Crippen LogP contribution in [0, 0.1) is 5.92 Å². The Bertz CT molecular complexity index is 496. The van der Waals surface area contributed by atoms with Gasteiger partial charge in [0.15, 0.2) is 5.13 Å². The molecule has 1 aliphatic heterocycles. The van der Waals surface area contributed by atoms with Crippen LogP contribution in [0.3, 0.4) is 0 Å². The molecule has 1 aromatic heterocycles. The van der Waals surface area contributed by atoms with Crippen molar-refractivity contribution < 1.29 is 9.59 Å². The summed E-state index contributed by atoms with van der Waals surface area (Å²) in [6.45, 7) is 6.92. The van der Waals surface area contributed by atoms with Gasteiger partial charge in [0.25, 0.3) is 0 Å². The predicted molar refractivity (Wildman–Crippen MR) is 75.0 cm³/mol. The fraction of sp³-hybridized carbons (Fsp3) is 0.615. The average molecular weight is 281 g/mol. The minimum absolute atomic E-state index is 0.112. The number of anilines is 1. The second kappa shape index (κ2) is 5.69.